The molecule has 96 valence electrons. The fourth-order valence-corrected chi connectivity index (χ4v) is 2.17. The van der Waals surface area contributed by atoms with Gasteiger partial charge in [0.2, 0.25) is 0 Å². The molecule has 3 N–H and O–H groups in total. The molecule has 0 radical (unpaired) electrons. The topological polar surface area (TPSA) is 67.6 Å². The van der Waals surface area contributed by atoms with E-state index in [1.54, 1.807) is 6.20 Å². The van der Waals surface area contributed by atoms with Gasteiger partial charge < -0.3 is 10.7 Å². The highest BCUT2D eigenvalue weighted by Gasteiger charge is 2.07. The molecule has 4 nitrogen and oxygen atoms in total. The zero-order valence-corrected chi connectivity index (χ0v) is 10.9. The summed E-state index contributed by atoms with van der Waals surface area (Å²) in [7, 11) is 0. The summed E-state index contributed by atoms with van der Waals surface area (Å²) in [4.78, 5) is 12.1. The first kappa shape index (κ1) is 11.9. The van der Waals surface area contributed by atoms with Crippen LogP contribution in [0.2, 0.25) is 0 Å². The summed E-state index contributed by atoms with van der Waals surface area (Å²) in [6.45, 7) is 2.73. The van der Waals surface area contributed by atoms with Crippen molar-refractivity contribution in [2.75, 3.05) is 6.54 Å². The summed E-state index contributed by atoms with van der Waals surface area (Å²) in [6.07, 6.45) is 2.69. The number of pyridine rings is 1. The molecule has 0 fully saturated rings. The van der Waals surface area contributed by atoms with Crippen LogP contribution in [0.4, 0.5) is 0 Å². The number of aryl methyl sites for hydroxylation is 1. The van der Waals surface area contributed by atoms with E-state index in [0.717, 1.165) is 34.5 Å². The van der Waals surface area contributed by atoms with Gasteiger partial charge in [0.05, 0.1) is 5.52 Å². The maximum absolute atomic E-state index is 5.55. The van der Waals surface area contributed by atoms with Gasteiger partial charge >= 0.3 is 0 Å². The predicted octanol–water partition coefficient (Wildman–Crippen LogP) is 2.43. The third-order valence-electron chi connectivity index (χ3n) is 3.26. The molecule has 4 heteroatoms. The molecule has 0 amide bonds. The molecule has 1 aromatic carbocycles. The molecule has 0 atom stereocenters. The molecule has 0 saturated heterocycles. The third kappa shape index (κ3) is 2.22. The van der Waals surface area contributed by atoms with E-state index in [0.29, 0.717) is 6.54 Å². The normalized spacial score (nSPS) is 11.1. The van der Waals surface area contributed by atoms with Gasteiger partial charge in [0.15, 0.2) is 5.65 Å². The van der Waals surface area contributed by atoms with Gasteiger partial charge in [-0.3, -0.25) is 0 Å². The SMILES string of the molecule is Cc1ccnc2nc(-c3ccc(CCN)cc3)[nH]c12. The van der Waals surface area contributed by atoms with E-state index < -0.39 is 0 Å². The van der Waals surface area contributed by atoms with Gasteiger partial charge in [-0.1, -0.05) is 24.3 Å². The minimum atomic E-state index is 0.674. The monoisotopic (exact) mass is 252 g/mol. The Kier molecular flexibility index (Phi) is 3.01. The summed E-state index contributed by atoms with van der Waals surface area (Å²) in [6, 6.07) is 10.3. The van der Waals surface area contributed by atoms with Gasteiger partial charge in [0.1, 0.15) is 5.82 Å². The summed E-state index contributed by atoms with van der Waals surface area (Å²) in [5, 5.41) is 0. The quantitative estimate of drug-likeness (QED) is 0.752. The van der Waals surface area contributed by atoms with Gasteiger partial charge in [0.25, 0.3) is 0 Å². The number of aromatic nitrogens is 3. The molecule has 3 rings (SSSR count). The zero-order chi connectivity index (χ0) is 13.2. The van der Waals surface area contributed by atoms with Crippen LogP contribution in [0.3, 0.4) is 0 Å². The maximum atomic E-state index is 5.55. The fraction of sp³-hybridized carbons (Fsp3) is 0.200. The molecular weight excluding hydrogens is 236 g/mol. The Morgan fingerprint density at radius 2 is 1.95 bits per heavy atom. The van der Waals surface area contributed by atoms with E-state index in [9.17, 15) is 0 Å². The highest BCUT2D eigenvalue weighted by Crippen LogP contribution is 2.21. The average molecular weight is 252 g/mol. The number of nitrogens with zero attached hydrogens (tertiary/aromatic N) is 2. The minimum Gasteiger partial charge on any atom is -0.336 e. The predicted molar refractivity (Wildman–Crippen MR) is 76.8 cm³/mol. The summed E-state index contributed by atoms with van der Waals surface area (Å²) >= 11 is 0. The van der Waals surface area contributed by atoms with Crippen molar-refractivity contribution in [3.8, 4) is 11.4 Å². The number of rotatable bonds is 3. The lowest BCUT2D eigenvalue weighted by molar-refractivity contribution is 0.969. The second kappa shape index (κ2) is 4.82. The Morgan fingerprint density at radius 3 is 2.63 bits per heavy atom. The number of fused-ring (bicyclic) bond motifs is 1. The van der Waals surface area contributed by atoms with E-state index >= 15 is 0 Å². The Hall–Kier alpha value is -2.20. The lowest BCUT2D eigenvalue weighted by Gasteiger charge is -2.00. The number of aromatic amines is 1. The van der Waals surface area contributed by atoms with Crippen LogP contribution < -0.4 is 5.73 Å². The largest absolute Gasteiger partial charge is 0.336 e. The standard InChI is InChI=1S/C15H16N4/c1-10-7-9-17-15-13(10)18-14(19-15)12-4-2-11(3-5-12)6-8-16/h2-5,7,9H,6,8,16H2,1H3,(H,17,18,19). The van der Waals surface area contributed by atoms with Crippen molar-refractivity contribution in [1.82, 2.24) is 15.0 Å². The van der Waals surface area contributed by atoms with Crippen LogP contribution in [0, 0.1) is 6.92 Å². The van der Waals surface area contributed by atoms with Crippen LogP contribution in [0.5, 0.6) is 0 Å². The molecular formula is C15H16N4. The van der Waals surface area contributed by atoms with Crippen molar-refractivity contribution < 1.29 is 0 Å². The fourth-order valence-electron chi connectivity index (χ4n) is 2.17. The van der Waals surface area contributed by atoms with Gasteiger partial charge in [-0.15, -0.1) is 0 Å². The van der Waals surface area contributed by atoms with Gasteiger partial charge in [-0.05, 0) is 37.1 Å². The van der Waals surface area contributed by atoms with Crippen LogP contribution in [0.25, 0.3) is 22.6 Å². The molecule has 0 aliphatic rings. The first-order valence-corrected chi connectivity index (χ1v) is 6.38. The minimum absolute atomic E-state index is 0.674. The molecule has 0 unspecified atom stereocenters. The van der Waals surface area contributed by atoms with E-state index in [1.807, 2.05) is 6.07 Å². The van der Waals surface area contributed by atoms with Gasteiger partial charge in [0, 0.05) is 11.8 Å². The molecule has 0 aliphatic heterocycles. The van der Waals surface area contributed by atoms with E-state index in [1.165, 1.54) is 5.56 Å². The molecule has 2 heterocycles. The van der Waals surface area contributed by atoms with Crippen LogP contribution in [-0.4, -0.2) is 21.5 Å². The molecule has 0 aliphatic carbocycles. The second-order valence-corrected chi connectivity index (χ2v) is 4.65. The van der Waals surface area contributed by atoms with Crippen LogP contribution in [0.1, 0.15) is 11.1 Å². The highest BCUT2D eigenvalue weighted by atomic mass is 15.0. The molecule has 0 saturated carbocycles. The number of hydrogen-bond acceptors (Lipinski definition) is 3. The van der Waals surface area contributed by atoms with Crippen molar-refractivity contribution in [3.63, 3.8) is 0 Å². The molecule has 3 aromatic rings. The Balaban J connectivity index is 2.01. The molecule has 19 heavy (non-hydrogen) atoms. The first-order valence-electron chi connectivity index (χ1n) is 6.38. The van der Waals surface area contributed by atoms with Crippen molar-refractivity contribution in [3.05, 3.63) is 47.7 Å². The Bertz CT molecular complexity index is 698. The molecule has 0 spiro atoms. The van der Waals surface area contributed by atoms with Crippen molar-refractivity contribution in [2.24, 2.45) is 5.73 Å². The van der Waals surface area contributed by atoms with E-state index in [-0.39, 0.29) is 0 Å². The van der Waals surface area contributed by atoms with Gasteiger partial charge in [-0.25, -0.2) is 9.97 Å². The third-order valence-corrected chi connectivity index (χ3v) is 3.26. The summed E-state index contributed by atoms with van der Waals surface area (Å²) in [5.74, 6) is 0.857. The number of nitrogens with one attached hydrogen (secondary N) is 1. The lowest BCUT2D eigenvalue weighted by atomic mass is 10.1. The van der Waals surface area contributed by atoms with Crippen LogP contribution >= 0.6 is 0 Å². The molecule has 2 aromatic heterocycles. The highest BCUT2D eigenvalue weighted by molar-refractivity contribution is 5.78. The van der Waals surface area contributed by atoms with Crippen LogP contribution in [0.15, 0.2) is 36.5 Å². The number of imidazole rings is 1. The van der Waals surface area contributed by atoms with E-state index in [2.05, 4.69) is 46.1 Å². The average Bonchev–Trinajstić information content (AvgIpc) is 2.85. The Morgan fingerprint density at radius 1 is 1.16 bits per heavy atom. The van der Waals surface area contributed by atoms with Crippen molar-refractivity contribution >= 4 is 11.2 Å². The lowest BCUT2D eigenvalue weighted by Crippen LogP contribution is -2.02. The van der Waals surface area contributed by atoms with Gasteiger partial charge in [-0.2, -0.15) is 0 Å². The zero-order valence-electron chi connectivity index (χ0n) is 10.9. The van der Waals surface area contributed by atoms with E-state index in [4.69, 9.17) is 5.73 Å². The summed E-state index contributed by atoms with van der Waals surface area (Å²) < 4.78 is 0. The first-order chi connectivity index (χ1) is 9.28. The summed E-state index contributed by atoms with van der Waals surface area (Å²) in [5.41, 5.74) is 10.8. The number of H-pyrrole nitrogens is 1. The number of hydrogen-bond donors (Lipinski definition) is 2. The number of benzene rings is 1. The number of nitrogens with two attached hydrogens (primary N) is 1. The van der Waals surface area contributed by atoms with Crippen LogP contribution in [-0.2, 0) is 6.42 Å². The second-order valence-electron chi connectivity index (χ2n) is 4.65. The van der Waals surface area contributed by atoms with Crippen molar-refractivity contribution in [2.45, 2.75) is 13.3 Å². The Labute approximate surface area is 111 Å². The maximum Gasteiger partial charge on any atom is 0.178 e. The molecule has 0 bridgehead atoms. The van der Waals surface area contributed by atoms with Crippen molar-refractivity contribution in [1.29, 1.82) is 0 Å². The smallest absolute Gasteiger partial charge is 0.178 e.